The Hall–Kier alpha value is -2.34. The maximum Gasteiger partial charge on any atom is 0.227 e. The number of nitrogens with one attached hydrogen (secondary N) is 1. The van der Waals surface area contributed by atoms with E-state index in [-0.39, 0.29) is 24.7 Å². The number of halogens is 1. The number of nitrogens with zero attached hydrogens (tertiary/aromatic N) is 1. The molecule has 26 heavy (non-hydrogen) atoms. The molecule has 136 valence electrons. The molecule has 1 N–H and O–H groups in total. The van der Waals surface area contributed by atoms with Crippen molar-refractivity contribution in [1.29, 1.82) is 0 Å². The number of benzene rings is 2. The van der Waals surface area contributed by atoms with Crippen molar-refractivity contribution in [2.24, 2.45) is 0 Å². The summed E-state index contributed by atoms with van der Waals surface area (Å²) in [6.45, 7) is 3.41. The Morgan fingerprint density at radius 3 is 2.85 bits per heavy atom. The van der Waals surface area contributed by atoms with E-state index in [1.807, 2.05) is 49.4 Å². The summed E-state index contributed by atoms with van der Waals surface area (Å²) in [5.41, 5.74) is 2.87. The molecule has 3 rings (SSSR count). The van der Waals surface area contributed by atoms with Crippen molar-refractivity contribution >= 4 is 33.4 Å². The summed E-state index contributed by atoms with van der Waals surface area (Å²) in [6, 6.07) is 13.6. The quantitative estimate of drug-likeness (QED) is 0.809. The lowest BCUT2D eigenvalue weighted by Crippen LogP contribution is -2.38. The van der Waals surface area contributed by atoms with Crippen molar-refractivity contribution in [3.05, 3.63) is 58.1 Å². The van der Waals surface area contributed by atoms with Crippen LogP contribution in [0.3, 0.4) is 0 Å². The Morgan fingerprint density at radius 1 is 1.19 bits per heavy atom. The molecule has 0 fully saturated rings. The number of anilines is 1. The lowest BCUT2D eigenvalue weighted by Gasteiger charge is -2.30. The second-order valence-corrected chi connectivity index (χ2v) is 7.19. The first-order valence-corrected chi connectivity index (χ1v) is 9.37. The lowest BCUT2D eigenvalue weighted by molar-refractivity contribution is -0.125. The molecule has 2 aromatic rings. The van der Waals surface area contributed by atoms with E-state index in [1.54, 1.807) is 4.90 Å². The average molecular weight is 417 g/mol. The molecule has 0 bridgehead atoms. The van der Waals surface area contributed by atoms with Crippen LogP contribution < -0.4 is 15.0 Å². The Labute approximate surface area is 161 Å². The molecule has 6 heteroatoms. The molecule has 1 aliphatic heterocycles. The van der Waals surface area contributed by atoms with Gasteiger partial charge < -0.3 is 15.0 Å². The summed E-state index contributed by atoms with van der Waals surface area (Å²) in [7, 11) is 0. The fraction of sp³-hybridized carbons (Fsp3) is 0.300. The van der Waals surface area contributed by atoms with Gasteiger partial charge in [-0.25, -0.2) is 0 Å². The van der Waals surface area contributed by atoms with Crippen molar-refractivity contribution in [2.75, 3.05) is 18.1 Å². The van der Waals surface area contributed by atoms with Crippen LogP contribution in [0.15, 0.2) is 46.9 Å². The minimum absolute atomic E-state index is 0.0576. The van der Waals surface area contributed by atoms with Crippen molar-refractivity contribution in [3.63, 3.8) is 0 Å². The molecule has 2 amide bonds. The SMILES string of the molecule is Cc1ccc2c(c1)N(C(=O)CCC(=O)NCc1cccc(Br)c1)CCO2. The van der Waals surface area contributed by atoms with Crippen LogP contribution in [0.25, 0.3) is 0 Å². The molecule has 1 heterocycles. The van der Waals surface area contributed by atoms with E-state index < -0.39 is 0 Å². The van der Waals surface area contributed by atoms with Crippen LogP contribution in [0.2, 0.25) is 0 Å². The largest absolute Gasteiger partial charge is 0.490 e. The molecule has 0 aromatic heterocycles. The topological polar surface area (TPSA) is 58.6 Å². The Kier molecular flexibility index (Phi) is 5.93. The molecule has 0 saturated carbocycles. The zero-order chi connectivity index (χ0) is 18.5. The van der Waals surface area contributed by atoms with Crippen LogP contribution in [0, 0.1) is 6.92 Å². The highest BCUT2D eigenvalue weighted by Crippen LogP contribution is 2.32. The highest BCUT2D eigenvalue weighted by atomic mass is 79.9. The average Bonchev–Trinajstić information content (AvgIpc) is 2.64. The molecule has 0 radical (unpaired) electrons. The van der Waals surface area contributed by atoms with Gasteiger partial charge in [0, 0.05) is 23.9 Å². The Bertz CT molecular complexity index is 822. The summed E-state index contributed by atoms with van der Waals surface area (Å²) in [5.74, 6) is 0.531. The monoisotopic (exact) mass is 416 g/mol. The van der Waals surface area contributed by atoms with Gasteiger partial charge >= 0.3 is 0 Å². The number of hydrogen-bond donors (Lipinski definition) is 1. The van der Waals surface area contributed by atoms with Crippen molar-refractivity contribution in [1.82, 2.24) is 5.32 Å². The van der Waals surface area contributed by atoms with Gasteiger partial charge in [0.05, 0.1) is 12.2 Å². The van der Waals surface area contributed by atoms with Crippen LogP contribution in [0.5, 0.6) is 5.75 Å². The molecule has 0 unspecified atom stereocenters. The third kappa shape index (κ3) is 4.64. The summed E-state index contributed by atoms with van der Waals surface area (Å²) in [4.78, 5) is 26.4. The smallest absolute Gasteiger partial charge is 0.227 e. The zero-order valence-corrected chi connectivity index (χ0v) is 16.2. The van der Waals surface area contributed by atoms with E-state index in [0.29, 0.717) is 25.4 Å². The van der Waals surface area contributed by atoms with Crippen molar-refractivity contribution in [3.8, 4) is 5.75 Å². The summed E-state index contributed by atoms with van der Waals surface area (Å²) in [5, 5.41) is 2.86. The van der Waals surface area contributed by atoms with Gasteiger partial charge in [-0.3, -0.25) is 9.59 Å². The number of hydrogen-bond acceptors (Lipinski definition) is 3. The number of aryl methyl sites for hydroxylation is 1. The van der Waals surface area contributed by atoms with Crippen LogP contribution >= 0.6 is 15.9 Å². The van der Waals surface area contributed by atoms with Gasteiger partial charge in [0.2, 0.25) is 11.8 Å². The molecule has 1 aliphatic rings. The number of amides is 2. The van der Waals surface area contributed by atoms with E-state index in [0.717, 1.165) is 21.3 Å². The van der Waals surface area contributed by atoms with E-state index in [2.05, 4.69) is 21.2 Å². The predicted octanol–water partition coefficient (Wildman–Crippen LogP) is 3.58. The highest BCUT2D eigenvalue weighted by Gasteiger charge is 2.24. The maximum absolute atomic E-state index is 12.6. The van der Waals surface area contributed by atoms with E-state index in [1.165, 1.54) is 0 Å². The normalized spacial score (nSPS) is 12.9. The van der Waals surface area contributed by atoms with E-state index in [9.17, 15) is 9.59 Å². The van der Waals surface area contributed by atoms with Gasteiger partial charge in [-0.15, -0.1) is 0 Å². The van der Waals surface area contributed by atoms with Gasteiger partial charge in [-0.05, 0) is 42.3 Å². The molecule has 5 nitrogen and oxygen atoms in total. The van der Waals surface area contributed by atoms with Gasteiger partial charge in [0.25, 0.3) is 0 Å². The number of ether oxygens (including phenoxy) is 1. The molecule has 2 aromatic carbocycles. The first-order valence-electron chi connectivity index (χ1n) is 8.58. The first-order chi connectivity index (χ1) is 12.5. The van der Waals surface area contributed by atoms with Crippen LogP contribution in [0.1, 0.15) is 24.0 Å². The van der Waals surface area contributed by atoms with Gasteiger partial charge in [0.15, 0.2) is 0 Å². The highest BCUT2D eigenvalue weighted by molar-refractivity contribution is 9.10. The first kappa shape index (κ1) is 18.5. The van der Waals surface area contributed by atoms with E-state index >= 15 is 0 Å². The number of fused-ring (bicyclic) bond motifs is 1. The third-order valence-corrected chi connectivity index (χ3v) is 4.72. The molecule has 0 atom stereocenters. The lowest BCUT2D eigenvalue weighted by atomic mass is 10.1. The molecule has 0 aliphatic carbocycles. The predicted molar refractivity (Wildman–Crippen MR) is 104 cm³/mol. The molecule has 0 saturated heterocycles. The number of rotatable bonds is 5. The van der Waals surface area contributed by atoms with Crippen molar-refractivity contribution < 1.29 is 14.3 Å². The van der Waals surface area contributed by atoms with Crippen molar-refractivity contribution in [2.45, 2.75) is 26.3 Å². The van der Waals surface area contributed by atoms with Crippen LogP contribution in [-0.2, 0) is 16.1 Å². The minimum Gasteiger partial charge on any atom is -0.490 e. The second-order valence-electron chi connectivity index (χ2n) is 6.27. The second kappa shape index (κ2) is 8.36. The fourth-order valence-electron chi connectivity index (χ4n) is 2.88. The van der Waals surface area contributed by atoms with Crippen LogP contribution in [0.4, 0.5) is 5.69 Å². The zero-order valence-electron chi connectivity index (χ0n) is 14.6. The summed E-state index contributed by atoms with van der Waals surface area (Å²) in [6.07, 6.45) is 0.350. The fourth-order valence-corrected chi connectivity index (χ4v) is 3.32. The van der Waals surface area contributed by atoms with Gasteiger partial charge in [0.1, 0.15) is 12.4 Å². The van der Waals surface area contributed by atoms with Gasteiger partial charge in [-0.1, -0.05) is 34.1 Å². The summed E-state index contributed by atoms with van der Waals surface area (Å²) < 4.78 is 6.58. The third-order valence-electron chi connectivity index (χ3n) is 4.22. The summed E-state index contributed by atoms with van der Waals surface area (Å²) >= 11 is 3.41. The number of carbonyl (C=O) groups excluding carboxylic acids is 2. The minimum atomic E-state index is -0.129. The van der Waals surface area contributed by atoms with Crippen LogP contribution in [-0.4, -0.2) is 25.0 Å². The Morgan fingerprint density at radius 2 is 2.04 bits per heavy atom. The standard InChI is InChI=1S/C20H21BrN2O3/c1-14-5-6-18-17(11-14)23(9-10-26-18)20(25)8-7-19(24)22-13-15-3-2-4-16(21)12-15/h2-6,11-12H,7-10,13H2,1H3,(H,22,24). The Balaban J connectivity index is 1.53. The molecular formula is C20H21BrN2O3. The molecule has 0 spiro atoms. The molecular weight excluding hydrogens is 396 g/mol. The number of carbonyl (C=O) groups is 2. The maximum atomic E-state index is 12.6. The van der Waals surface area contributed by atoms with Gasteiger partial charge in [-0.2, -0.15) is 0 Å². The van der Waals surface area contributed by atoms with E-state index in [4.69, 9.17) is 4.74 Å².